The van der Waals surface area contributed by atoms with Crippen LogP contribution in [-0.2, 0) is 0 Å². The van der Waals surface area contributed by atoms with E-state index < -0.39 is 0 Å². The van der Waals surface area contributed by atoms with Gasteiger partial charge in [-0.05, 0) is 12.1 Å². The summed E-state index contributed by atoms with van der Waals surface area (Å²) in [6.07, 6.45) is 3.15. The smallest absolute Gasteiger partial charge is 0.181 e. The van der Waals surface area contributed by atoms with Crippen LogP contribution in [0.15, 0.2) is 36.8 Å². The Morgan fingerprint density at radius 2 is 1.64 bits per heavy atom. The number of hydrogen-bond acceptors (Lipinski definition) is 4. The van der Waals surface area contributed by atoms with Crippen LogP contribution < -0.4 is 0 Å². The van der Waals surface area contributed by atoms with Gasteiger partial charge >= 0.3 is 0 Å². The molecule has 0 radical (unpaired) electrons. The topological polar surface area (TPSA) is 51.6 Å². The van der Waals surface area contributed by atoms with Gasteiger partial charge in [0.05, 0.1) is 17.2 Å². The summed E-state index contributed by atoms with van der Waals surface area (Å²) in [6.45, 7) is 0. The molecule has 0 amide bonds. The van der Waals surface area contributed by atoms with Crippen LogP contribution in [0.1, 0.15) is 0 Å². The van der Waals surface area contributed by atoms with Crippen molar-refractivity contribution in [3.63, 3.8) is 0 Å². The highest BCUT2D eigenvalue weighted by atomic mass is 14.9. The second kappa shape index (κ2) is 2.70. The molecule has 0 N–H and O–H groups in total. The van der Waals surface area contributed by atoms with Crippen LogP contribution in [0.25, 0.3) is 22.2 Å². The predicted octanol–water partition coefficient (Wildman–Crippen LogP) is 1.57. The highest BCUT2D eigenvalue weighted by molar-refractivity contribution is 5.83. The molecule has 3 aromatic rings. The lowest BCUT2D eigenvalue weighted by molar-refractivity contribution is 1.17. The van der Waals surface area contributed by atoms with Crippen LogP contribution in [-0.4, -0.2) is 19.9 Å². The third kappa shape index (κ3) is 1.01. The third-order valence-corrected chi connectivity index (χ3v) is 2.02. The van der Waals surface area contributed by atoms with E-state index in [4.69, 9.17) is 0 Å². The molecule has 0 bridgehead atoms. The van der Waals surface area contributed by atoms with Gasteiger partial charge in [0.15, 0.2) is 5.65 Å². The molecule has 0 saturated carbocycles. The van der Waals surface area contributed by atoms with E-state index in [0.29, 0.717) is 5.65 Å². The maximum absolute atomic E-state index is 4.39. The van der Waals surface area contributed by atoms with Gasteiger partial charge in [0.1, 0.15) is 11.8 Å². The summed E-state index contributed by atoms with van der Waals surface area (Å²) in [5.74, 6) is 0. The molecule has 0 aliphatic heterocycles. The van der Waals surface area contributed by atoms with Crippen molar-refractivity contribution >= 4 is 22.2 Å². The molecule has 4 nitrogen and oxygen atoms in total. The van der Waals surface area contributed by atoms with Crippen LogP contribution in [0.4, 0.5) is 0 Å². The number of nitrogens with zero attached hydrogens (tertiary/aromatic N) is 4. The monoisotopic (exact) mass is 182 g/mol. The maximum Gasteiger partial charge on any atom is 0.181 e. The molecule has 0 saturated heterocycles. The van der Waals surface area contributed by atoms with Crippen molar-refractivity contribution in [1.29, 1.82) is 0 Å². The zero-order valence-corrected chi connectivity index (χ0v) is 7.25. The van der Waals surface area contributed by atoms with E-state index >= 15 is 0 Å². The fourth-order valence-electron chi connectivity index (χ4n) is 1.38. The fraction of sp³-hybridized carbons (Fsp3) is 0. The molecule has 66 valence electrons. The average Bonchev–Trinajstić information content (AvgIpc) is 2.26. The van der Waals surface area contributed by atoms with E-state index in [2.05, 4.69) is 19.9 Å². The lowest BCUT2D eigenvalue weighted by Crippen LogP contribution is -1.90. The Morgan fingerprint density at radius 1 is 0.857 bits per heavy atom. The lowest BCUT2D eigenvalue weighted by Gasteiger charge is -1.97. The number of fused-ring (bicyclic) bond motifs is 2. The molecule has 0 aliphatic carbocycles. The van der Waals surface area contributed by atoms with Crippen LogP contribution in [0, 0.1) is 0 Å². The molecule has 0 spiro atoms. The summed E-state index contributed by atoms with van der Waals surface area (Å²) in [5, 5.41) is 0. The minimum atomic E-state index is 0.638. The third-order valence-electron chi connectivity index (χ3n) is 2.02. The summed E-state index contributed by atoms with van der Waals surface area (Å²) in [4.78, 5) is 16.7. The van der Waals surface area contributed by atoms with Gasteiger partial charge in [-0.2, -0.15) is 0 Å². The molecule has 0 unspecified atom stereocenters. The van der Waals surface area contributed by atoms with Crippen molar-refractivity contribution in [3.05, 3.63) is 36.8 Å². The van der Waals surface area contributed by atoms with Crippen LogP contribution in [0.5, 0.6) is 0 Å². The highest BCUT2D eigenvalue weighted by Gasteiger charge is 2.00. The Hall–Kier alpha value is -2.10. The number of rotatable bonds is 0. The van der Waals surface area contributed by atoms with E-state index in [9.17, 15) is 0 Å². The Kier molecular flexibility index (Phi) is 1.41. The molecule has 3 rings (SSSR count). The molecule has 0 aliphatic rings. The van der Waals surface area contributed by atoms with Crippen molar-refractivity contribution in [2.24, 2.45) is 0 Å². The Morgan fingerprint density at radius 3 is 2.50 bits per heavy atom. The van der Waals surface area contributed by atoms with E-state index in [1.165, 1.54) is 6.33 Å². The molecular formula is C10H6N4. The number of benzene rings is 1. The summed E-state index contributed by atoms with van der Waals surface area (Å²) in [5.41, 5.74) is 3.10. The van der Waals surface area contributed by atoms with Gasteiger partial charge in [0.2, 0.25) is 0 Å². The van der Waals surface area contributed by atoms with Crippen LogP contribution in [0.3, 0.4) is 0 Å². The Bertz CT molecular complexity index is 501. The number of para-hydroxylation sites is 2. The van der Waals surface area contributed by atoms with E-state index in [1.807, 2.05) is 24.3 Å². The van der Waals surface area contributed by atoms with Gasteiger partial charge in [-0.3, -0.25) is 0 Å². The maximum atomic E-state index is 4.39. The normalized spacial score (nSPS) is 10.9. The SMILES string of the molecule is c1ccc2nc3ncncc3nc2c1. The number of hydrogen-bond donors (Lipinski definition) is 0. The standard InChI is InChI=1S/C10H6N4/c1-2-4-8-7(3-1)13-9-5-11-6-12-10(9)14-8/h1-6H. The molecule has 4 heteroatoms. The first-order chi connectivity index (χ1) is 6.93. The van der Waals surface area contributed by atoms with E-state index in [0.717, 1.165) is 16.6 Å². The van der Waals surface area contributed by atoms with Crippen molar-refractivity contribution in [2.45, 2.75) is 0 Å². The van der Waals surface area contributed by atoms with Crippen molar-refractivity contribution in [2.75, 3.05) is 0 Å². The fourth-order valence-corrected chi connectivity index (χ4v) is 1.38. The Labute approximate surface area is 79.7 Å². The highest BCUT2D eigenvalue weighted by Crippen LogP contribution is 2.12. The molecular weight excluding hydrogens is 176 g/mol. The van der Waals surface area contributed by atoms with E-state index in [-0.39, 0.29) is 0 Å². The van der Waals surface area contributed by atoms with Crippen molar-refractivity contribution in [3.8, 4) is 0 Å². The second-order valence-electron chi connectivity index (χ2n) is 2.94. The first kappa shape index (κ1) is 7.32. The summed E-state index contributed by atoms with van der Waals surface area (Å²) >= 11 is 0. The van der Waals surface area contributed by atoms with Crippen molar-refractivity contribution in [1.82, 2.24) is 19.9 Å². The second-order valence-corrected chi connectivity index (χ2v) is 2.94. The largest absolute Gasteiger partial charge is 0.242 e. The van der Waals surface area contributed by atoms with Gasteiger partial charge in [-0.15, -0.1) is 0 Å². The first-order valence-electron chi connectivity index (χ1n) is 4.26. The minimum absolute atomic E-state index is 0.638. The van der Waals surface area contributed by atoms with Gasteiger partial charge in [-0.1, -0.05) is 12.1 Å². The molecule has 2 aromatic heterocycles. The Balaban J connectivity index is 2.52. The predicted molar refractivity (Wildman–Crippen MR) is 52.6 cm³/mol. The van der Waals surface area contributed by atoms with Crippen LogP contribution in [0.2, 0.25) is 0 Å². The molecule has 0 atom stereocenters. The van der Waals surface area contributed by atoms with Gasteiger partial charge in [0, 0.05) is 0 Å². The summed E-state index contributed by atoms with van der Waals surface area (Å²) < 4.78 is 0. The summed E-state index contributed by atoms with van der Waals surface area (Å²) in [7, 11) is 0. The summed E-state index contributed by atoms with van der Waals surface area (Å²) in [6, 6.07) is 7.72. The average molecular weight is 182 g/mol. The molecule has 0 fully saturated rings. The quantitative estimate of drug-likeness (QED) is 0.495. The molecule has 1 aromatic carbocycles. The first-order valence-corrected chi connectivity index (χ1v) is 4.26. The van der Waals surface area contributed by atoms with Gasteiger partial charge in [0.25, 0.3) is 0 Å². The lowest BCUT2D eigenvalue weighted by atomic mass is 10.3. The number of aromatic nitrogens is 4. The van der Waals surface area contributed by atoms with Gasteiger partial charge in [-0.25, -0.2) is 19.9 Å². The minimum Gasteiger partial charge on any atom is -0.242 e. The van der Waals surface area contributed by atoms with Crippen LogP contribution >= 0.6 is 0 Å². The van der Waals surface area contributed by atoms with E-state index in [1.54, 1.807) is 6.20 Å². The molecule has 14 heavy (non-hydrogen) atoms. The zero-order chi connectivity index (χ0) is 9.38. The zero-order valence-electron chi connectivity index (χ0n) is 7.25. The molecule has 2 heterocycles. The van der Waals surface area contributed by atoms with Gasteiger partial charge < -0.3 is 0 Å². The van der Waals surface area contributed by atoms with Crippen molar-refractivity contribution < 1.29 is 0 Å².